The lowest BCUT2D eigenvalue weighted by Gasteiger charge is -2.23. The number of carboxylic acid groups (broad SMARTS) is 1. The lowest BCUT2D eigenvalue weighted by atomic mass is 10.2. The zero-order valence-electron chi connectivity index (χ0n) is 9.63. The smallest absolute Gasteiger partial charge is 0.326 e. The van der Waals surface area contributed by atoms with E-state index >= 15 is 0 Å². The summed E-state index contributed by atoms with van der Waals surface area (Å²) in [5, 5.41) is 8.81. The normalized spacial score (nSPS) is 13.2. The highest BCUT2D eigenvalue weighted by molar-refractivity contribution is 7.90. The number of hydrogen-bond donors (Lipinski definition) is 1. The van der Waals surface area contributed by atoms with E-state index in [0.29, 0.717) is 0 Å². The van der Waals surface area contributed by atoms with E-state index in [4.69, 9.17) is 5.11 Å². The molecule has 7 heteroatoms. The third-order valence-corrected chi connectivity index (χ3v) is 3.17. The molecule has 6 nitrogen and oxygen atoms in total. The van der Waals surface area contributed by atoms with Crippen LogP contribution >= 0.6 is 0 Å². The standard InChI is InChI=1S/C9H17NO5S/c1-4-7(9(12)13)10(2)8(11)5-6-16(3,14)15/h7H,4-6H2,1-3H3,(H,12,13). The second kappa shape index (κ2) is 5.83. The monoisotopic (exact) mass is 251 g/mol. The van der Waals surface area contributed by atoms with E-state index in [9.17, 15) is 18.0 Å². The molecule has 16 heavy (non-hydrogen) atoms. The first-order valence-electron chi connectivity index (χ1n) is 4.85. The number of amides is 1. The topological polar surface area (TPSA) is 91.8 Å². The molecule has 1 amide bonds. The second-order valence-electron chi connectivity index (χ2n) is 3.65. The summed E-state index contributed by atoms with van der Waals surface area (Å²) in [7, 11) is -1.83. The lowest BCUT2D eigenvalue weighted by Crippen LogP contribution is -2.42. The van der Waals surface area contributed by atoms with Crippen LogP contribution in [0.1, 0.15) is 19.8 Å². The number of carboxylic acids is 1. The number of rotatable bonds is 6. The molecule has 0 aliphatic rings. The largest absolute Gasteiger partial charge is 0.480 e. The van der Waals surface area contributed by atoms with Crippen molar-refractivity contribution in [1.29, 1.82) is 0 Å². The zero-order chi connectivity index (χ0) is 12.9. The average molecular weight is 251 g/mol. The van der Waals surface area contributed by atoms with E-state index in [1.54, 1.807) is 6.92 Å². The Hall–Kier alpha value is -1.11. The van der Waals surface area contributed by atoms with Gasteiger partial charge in [-0.3, -0.25) is 4.79 Å². The number of carbonyl (C=O) groups excluding carboxylic acids is 1. The number of aliphatic carboxylic acids is 1. The van der Waals surface area contributed by atoms with Crippen molar-refractivity contribution in [1.82, 2.24) is 4.90 Å². The van der Waals surface area contributed by atoms with Gasteiger partial charge in [0.2, 0.25) is 5.91 Å². The fourth-order valence-electron chi connectivity index (χ4n) is 1.24. The van der Waals surface area contributed by atoms with Crippen molar-refractivity contribution in [2.75, 3.05) is 19.1 Å². The fraction of sp³-hybridized carbons (Fsp3) is 0.778. The summed E-state index contributed by atoms with van der Waals surface area (Å²) < 4.78 is 21.7. The van der Waals surface area contributed by atoms with Crippen LogP contribution in [0.2, 0.25) is 0 Å². The second-order valence-corrected chi connectivity index (χ2v) is 5.91. The Kier molecular flexibility index (Phi) is 5.43. The van der Waals surface area contributed by atoms with E-state index in [0.717, 1.165) is 11.2 Å². The maximum atomic E-state index is 11.5. The molecule has 0 bridgehead atoms. The molecular formula is C9H17NO5S. The molecule has 1 atom stereocenters. The molecule has 0 aliphatic heterocycles. The van der Waals surface area contributed by atoms with Gasteiger partial charge in [0.25, 0.3) is 0 Å². The van der Waals surface area contributed by atoms with Crippen LogP contribution in [0.15, 0.2) is 0 Å². The Morgan fingerprint density at radius 3 is 2.19 bits per heavy atom. The summed E-state index contributed by atoms with van der Waals surface area (Å²) in [6.45, 7) is 1.65. The molecule has 94 valence electrons. The number of hydrogen-bond acceptors (Lipinski definition) is 4. The summed E-state index contributed by atoms with van der Waals surface area (Å²) in [6.07, 6.45) is 1.14. The van der Waals surface area contributed by atoms with Crippen LogP contribution in [0.5, 0.6) is 0 Å². The highest BCUT2D eigenvalue weighted by Gasteiger charge is 2.24. The van der Waals surface area contributed by atoms with Crippen molar-refractivity contribution in [2.24, 2.45) is 0 Å². The van der Waals surface area contributed by atoms with Gasteiger partial charge in [0.1, 0.15) is 15.9 Å². The summed E-state index contributed by atoms with van der Waals surface area (Å²) in [5.41, 5.74) is 0. The molecule has 0 heterocycles. The summed E-state index contributed by atoms with van der Waals surface area (Å²) in [5.74, 6) is -1.82. The molecule has 0 rings (SSSR count). The van der Waals surface area contributed by atoms with Gasteiger partial charge in [-0.25, -0.2) is 13.2 Å². The molecule has 1 N–H and O–H groups in total. The first-order valence-corrected chi connectivity index (χ1v) is 6.91. The molecule has 0 aromatic carbocycles. The quantitative estimate of drug-likeness (QED) is 0.702. The number of carbonyl (C=O) groups is 2. The molecule has 0 saturated carbocycles. The van der Waals surface area contributed by atoms with Crippen LogP contribution < -0.4 is 0 Å². The Balaban J connectivity index is 4.44. The molecule has 0 aromatic heterocycles. The third-order valence-electron chi connectivity index (χ3n) is 2.22. The van der Waals surface area contributed by atoms with Gasteiger partial charge in [-0.1, -0.05) is 6.92 Å². The van der Waals surface area contributed by atoms with Crippen molar-refractivity contribution >= 4 is 21.7 Å². The van der Waals surface area contributed by atoms with Crippen LogP contribution in [-0.4, -0.2) is 55.4 Å². The predicted octanol–water partition coefficient (Wildman–Crippen LogP) is -0.257. The SMILES string of the molecule is CCC(C(=O)O)N(C)C(=O)CCS(C)(=O)=O. The fourth-order valence-corrected chi connectivity index (χ4v) is 1.78. The molecule has 0 spiro atoms. The number of nitrogens with zero attached hydrogens (tertiary/aromatic N) is 1. The zero-order valence-corrected chi connectivity index (χ0v) is 10.5. The van der Waals surface area contributed by atoms with Gasteiger partial charge in [0, 0.05) is 19.7 Å². The van der Waals surface area contributed by atoms with Crippen LogP contribution in [0.25, 0.3) is 0 Å². The maximum Gasteiger partial charge on any atom is 0.326 e. The first-order chi connectivity index (χ1) is 7.19. The highest BCUT2D eigenvalue weighted by Crippen LogP contribution is 2.05. The van der Waals surface area contributed by atoms with Gasteiger partial charge in [-0.15, -0.1) is 0 Å². The van der Waals surface area contributed by atoms with Crippen molar-refractivity contribution < 1.29 is 23.1 Å². The summed E-state index contributed by atoms with van der Waals surface area (Å²) in [4.78, 5) is 23.3. The summed E-state index contributed by atoms with van der Waals surface area (Å²) >= 11 is 0. The van der Waals surface area contributed by atoms with Crippen LogP contribution in [0, 0.1) is 0 Å². The molecule has 1 unspecified atom stereocenters. The van der Waals surface area contributed by atoms with Crippen molar-refractivity contribution in [2.45, 2.75) is 25.8 Å². The molecular weight excluding hydrogens is 234 g/mol. The molecule has 0 saturated heterocycles. The Morgan fingerprint density at radius 2 is 1.88 bits per heavy atom. The first kappa shape index (κ1) is 14.9. The third kappa shape index (κ3) is 5.11. The van der Waals surface area contributed by atoms with Crippen molar-refractivity contribution in [3.05, 3.63) is 0 Å². The molecule has 0 aliphatic carbocycles. The maximum absolute atomic E-state index is 11.5. The van der Waals surface area contributed by atoms with E-state index in [-0.39, 0.29) is 18.6 Å². The van der Waals surface area contributed by atoms with E-state index < -0.39 is 27.8 Å². The van der Waals surface area contributed by atoms with E-state index in [1.165, 1.54) is 7.05 Å². The van der Waals surface area contributed by atoms with E-state index in [2.05, 4.69) is 0 Å². The molecule has 0 aromatic rings. The average Bonchev–Trinajstić information content (AvgIpc) is 2.13. The Labute approximate surface area is 95.2 Å². The van der Waals surface area contributed by atoms with Gasteiger partial charge in [-0.05, 0) is 6.42 Å². The minimum absolute atomic E-state index is 0.181. The van der Waals surface area contributed by atoms with Crippen molar-refractivity contribution in [3.8, 4) is 0 Å². The van der Waals surface area contributed by atoms with E-state index in [1.807, 2.05) is 0 Å². The van der Waals surface area contributed by atoms with Crippen LogP contribution in [-0.2, 0) is 19.4 Å². The van der Waals surface area contributed by atoms with Gasteiger partial charge >= 0.3 is 5.97 Å². The minimum Gasteiger partial charge on any atom is -0.480 e. The number of likely N-dealkylation sites (N-methyl/N-ethyl adjacent to an activating group) is 1. The van der Waals surface area contributed by atoms with Gasteiger partial charge in [-0.2, -0.15) is 0 Å². The van der Waals surface area contributed by atoms with Gasteiger partial charge in [0.05, 0.1) is 5.75 Å². The van der Waals surface area contributed by atoms with Gasteiger partial charge in [0.15, 0.2) is 0 Å². The predicted molar refractivity (Wildman–Crippen MR) is 58.8 cm³/mol. The lowest BCUT2D eigenvalue weighted by molar-refractivity contribution is -0.149. The molecule has 0 fully saturated rings. The van der Waals surface area contributed by atoms with Crippen LogP contribution in [0.4, 0.5) is 0 Å². The van der Waals surface area contributed by atoms with Crippen molar-refractivity contribution in [3.63, 3.8) is 0 Å². The summed E-state index contributed by atoms with van der Waals surface area (Å²) in [6, 6.07) is -0.896. The van der Waals surface area contributed by atoms with Crippen LogP contribution in [0.3, 0.4) is 0 Å². The minimum atomic E-state index is -3.20. The highest BCUT2D eigenvalue weighted by atomic mass is 32.2. The number of sulfone groups is 1. The molecule has 0 radical (unpaired) electrons. The van der Waals surface area contributed by atoms with Gasteiger partial charge < -0.3 is 10.0 Å². The Morgan fingerprint density at radius 1 is 1.38 bits per heavy atom. The Bertz CT molecular complexity index is 362.